The summed E-state index contributed by atoms with van der Waals surface area (Å²) >= 11 is 0. The molecule has 2 aliphatic rings. The van der Waals surface area contributed by atoms with Crippen molar-refractivity contribution >= 4 is 0 Å². The Morgan fingerprint density at radius 1 is 1.16 bits per heavy atom. The molecule has 1 heterocycles. The lowest BCUT2D eigenvalue weighted by molar-refractivity contribution is 0.116. The highest BCUT2D eigenvalue weighted by Crippen LogP contribution is 2.40. The molecule has 2 fully saturated rings. The summed E-state index contributed by atoms with van der Waals surface area (Å²) in [4.78, 5) is 2.58. The smallest absolute Gasteiger partial charge is 0.0234 e. The van der Waals surface area contributed by atoms with Crippen molar-refractivity contribution in [2.75, 3.05) is 13.1 Å². The molecule has 1 saturated carbocycles. The molecule has 0 bridgehead atoms. The van der Waals surface area contributed by atoms with Gasteiger partial charge >= 0.3 is 0 Å². The van der Waals surface area contributed by atoms with Crippen LogP contribution in [0.1, 0.15) is 38.7 Å². The summed E-state index contributed by atoms with van der Waals surface area (Å²) in [5.74, 6) is 0. The Bertz CT molecular complexity index is 405. The zero-order valence-corrected chi connectivity index (χ0v) is 12.2. The maximum atomic E-state index is 3.85. The Morgan fingerprint density at radius 3 is 2.58 bits per heavy atom. The molecule has 0 spiro atoms. The molecular formula is C17H26N2. The molecule has 1 N–H and O–H groups in total. The lowest BCUT2D eigenvalue weighted by Gasteiger charge is -2.44. The first-order valence-corrected chi connectivity index (χ1v) is 7.63. The largest absolute Gasteiger partial charge is 0.310 e. The van der Waals surface area contributed by atoms with Gasteiger partial charge in [-0.05, 0) is 30.2 Å². The van der Waals surface area contributed by atoms with Crippen LogP contribution in [0.25, 0.3) is 0 Å². The van der Waals surface area contributed by atoms with Crippen LogP contribution in [0.15, 0.2) is 30.3 Å². The van der Waals surface area contributed by atoms with E-state index in [4.69, 9.17) is 0 Å². The number of rotatable bonds is 4. The monoisotopic (exact) mass is 258 g/mol. The van der Waals surface area contributed by atoms with Crippen molar-refractivity contribution in [1.29, 1.82) is 0 Å². The van der Waals surface area contributed by atoms with Crippen LogP contribution < -0.4 is 5.32 Å². The third-order valence-corrected chi connectivity index (χ3v) is 4.59. The van der Waals surface area contributed by atoms with Crippen molar-refractivity contribution in [3.63, 3.8) is 0 Å². The molecule has 1 aliphatic carbocycles. The van der Waals surface area contributed by atoms with Gasteiger partial charge in [-0.2, -0.15) is 0 Å². The molecule has 1 atom stereocenters. The molecule has 1 aromatic rings. The second kappa shape index (κ2) is 5.26. The molecule has 0 aromatic heterocycles. The van der Waals surface area contributed by atoms with Gasteiger partial charge in [0.05, 0.1) is 0 Å². The molecule has 19 heavy (non-hydrogen) atoms. The summed E-state index contributed by atoms with van der Waals surface area (Å²) < 4.78 is 0. The standard InChI is InChI=1S/C17H26N2/c1-17(2)10-16(11-17)18-15-8-9-19(13-15)12-14-6-4-3-5-7-14/h3-7,15-16,18H,8-13H2,1-2H3. The highest BCUT2D eigenvalue weighted by molar-refractivity contribution is 5.14. The van der Waals surface area contributed by atoms with Crippen LogP contribution in [0.3, 0.4) is 0 Å². The molecule has 104 valence electrons. The van der Waals surface area contributed by atoms with Gasteiger partial charge in [-0.1, -0.05) is 44.2 Å². The highest BCUT2D eigenvalue weighted by atomic mass is 15.2. The van der Waals surface area contributed by atoms with Crippen LogP contribution in [0.2, 0.25) is 0 Å². The number of nitrogens with one attached hydrogen (secondary N) is 1. The van der Waals surface area contributed by atoms with Crippen LogP contribution in [0, 0.1) is 5.41 Å². The van der Waals surface area contributed by atoms with Crippen LogP contribution >= 0.6 is 0 Å². The fourth-order valence-corrected chi connectivity index (χ4v) is 3.68. The quantitative estimate of drug-likeness (QED) is 0.893. The Hall–Kier alpha value is -0.860. The number of hydrogen-bond acceptors (Lipinski definition) is 2. The minimum absolute atomic E-state index is 0.583. The second-order valence-electron chi connectivity index (χ2n) is 7.14. The normalized spacial score (nSPS) is 27.4. The first-order chi connectivity index (χ1) is 9.11. The van der Waals surface area contributed by atoms with Crippen LogP contribution in [-0.4, -0.2) is 30.1 Å². The van der Waals surface area contributed by atoms with Crippen molar-refractivity contribution in [2.45, 2.75) is 51.7 Å². The van der Waals surface area contributed by atoms with Gasteiger partial charge in [-0.3, -0.25) is 4.90 Å². The average Bonchev–Trinajstić information content (AvgIpc) is 2.75. The number of likely N-dealkylation sites (tertiary alicyclic amines) is 1. The van der Waals surface area contributed by atoms with Crippen molar-refractivity contribution in [3.05, 3.63) is 35.9 Å². The topological polar surface area (TPSA) is 15.3 Å². The van der Waals surface area contributed by atoms with E-state index >= 15 is 0 Å². The van der Waals surface area contributed by atoms with Gasteiger partial charge in [-0.15, -0.1) is 0 Å². The van der Waals surface area contributed by atoms with Gasteiger partial charge in [0, 0.05) is 31.7 Å². The van der Waals surface area contributed by atoms with E-state index in [-0.39, 0.29) is 0 Å². The Labute approximate surface area is 117 Å². The molecule has 0 amide bonds. The average molecular weight is 258 g/mol. The fourth-order valence-electron chi connectivity index (χ4n) is 3.68. The Morgan fingerprint density at radius 2 is 1.89 bits per heavy atom. The summed E-state index contributed by atoms with van der Waals surface area (Å²) in [6.45, 7) is 8.31. The third kappa shape index (κ3) is 3.37. The fraction of sp³-hybridized carbons (Fsp3) is 0.647. The number of hydrogen-bond donors (Lipinski definition) is 1. The molecule has 1 unspecified atom stereocenters. The first-order valence-electron chi connectivity index (χ1n) is 7.63. The van der Waals surface area contributed by atoms with Crippen LogP contribution in [0.4, 0.5) is 0 Å². The third-order valence-electron chi connectivity index (χ3n) is 4.59. The minimum atomic E-state index is 0.583. The first kappa shape index (κ1) is 13.1. The van der Waals surface area contributed by atoms with Gasteiger partial charge in [0.15, 0.2) is 0 Å². The molecule has 3 rings (SSSR count). The summed E-state index contributed by atoms with van der Waals surface area (Å²) in [6.07, 6.45) is 4.01. The van der Waals surface area contributed by atoms with E-state index in [0.29, 0.717) is 11.5 Å². The predicted octanol–water partition coefficient (Wildman–Crippen LogP) is 3.04. The van der Waals surface area contributed by atoms with Gasteiger partial charge in [0.25, 0.3) is 0 Å². The SMILES string of the molecule is CC1(C)CC(NC2CCN(Cc3ccccc3)C2)C1. The zero-order chi connectivity index (χ0) is 13.3. The molecule has 1 aromatic carbocycles. The summed E-state index contributed by atoms with van der Waals surface area (Å²) in [5, 5.41) is 3.85. The molecule has 1 aliphatic heterocycles. The molecular weight excluding hydrogens is 232 g/mol. The summed E-state index contributed by atoms with van der Waals surface area (Å²) in [7, 11) is 0. The Balaban J connectivity index is 1.43. The molecule has 2 heteroatoms. The van der Waals surface area contributed by atoms with E-state index < -0.39 is 0 Å². The lowest BCUT2D eigenvalue weighted by atomic mass is 9.68. The Kier molecular flexibility index (Phi) is 3.64. The van der Waals surface area contributed by atoms with E-state index in [9.17, 15) is 0 Å². The van der Waals surface area contributed by atoms with Crippen LogP contribution in [-0.2, 0) is 6.54 Å². The molecule has 0 radical (unpaired) electrons. The van der Waals surface area contributed by atoms with E-state index in [1.807, 2.05) is 0 Å². The molecule has 1 saturated heterocycles. The maximum Gasteiger partial charge on any atom is 0.0234 e. The van der Waals surface area contributed by atoms with Crippen molar-refractivity contribution in [3.8, 4) is 0 Å². The van der Waals surface area contributed by atoms with Crippen molar-refractivity contribution in [2.24, 2.45) is 5.41 Å². The van der Waals surface area contributed by atoms with Gasteiger partial charge < -0.3 is 5.32 Å². The lowest BCUT2D eigenvalue weighted by Crippen LogP contribution is -2.50. The highest BCUT2D eigenvalue weighted by Gasteiger charge is 2.37. The van der Waals surface area contributed by atoms with E-state index in [1.165, 1.54) is 37.9 Å². The number of benzene rings is 1. The minimum Gasteiger partial charge on any atom is -0.310 e. The second-order valence-corrected chi connectivity index (χ2v) is 7.14. The van der Waals surface area contributed by atoms with E-state index in [1.54, 1.807) is 0 Å². The maximum absolute atomic E-state index is 3.85. The molecule has 2 nitrogen and oxygen atoms in total. The van der Waals surface area contributed by atoms with E-state index in [2.05, 4.69) is 54.4 Å². The van der Waals surface area contributed by atoms with Crippen molar-refractivity contribution in [1.82, 2.24) is 10.2 Å². The predicted molar refractivity (Wildman–Crippen MR) is 80.1 cm³/mol. The summed E-state index contributed by atoms with van der Waals surface area (Å²) in [5.41, 5.74) is 2.02. The summed E-state index contributed by atoms with van der Waals surface area (Å²) in [6, 6.07) is 12.3. The van der Waals surface area contributed by atoms with Gasteiger partial charge in [0.1, 0.15) is 0 Å². The van der Waals surface area contributed by atoms with Crippen LogP contribution in [0.5, 0.6) is 0 Å². The van der Waals surface area contributed by atoms with E-state index in [0.717, 1.165) is 12.6 Å². The van der Waals surface area contributed by atoms with Crippen molar-refractivity contribution < 1.29 is 0 Å². The van der Waals surface area contributed by atoms with Gasteiger partial charge in [-0.25, -0.2) is 0 Å². The zero-order valence-electron chi connectivity index (χ0n) is 12.2. The van der Waals surface area contributed by atoms with Gasteiger partial charge in [0.2, 0.25) is 0 Å². The number of nitrogens with zero attached hydrogens (tertiary/aromatic N) is 1.